The molecule has 0 bridgehead atoms. The van der Waals surface area contributed by atoms with Crippen LogP contribution in [0, 0.1) is 0 Å². The number of rotatable bonds is 19. The highest BCUT2D eigenvalue weighted by molar-refractivity contribution is 7.59. The molecule has 5 heteroatoms. The van der Waals surface area contributed by atoms with Crippen LogP contribution in [0.1, 0.15) is 88.7 Å². The second-order valence-corrected chi connectivity index (χ2v) is 12.0. The van der Waals surface area contributed by atoms with Crippen molar-refractivity contribution in [3.63, 3.8) is 0 Å². The highest BCUT2D eigenvalue weighted by atomic mass is 31.2. The largest absolute Gasteiger partial charge is 0.443 e. The summed E-state index contributed by atoms with van der Waals surface area (Å²) < 4.78 is 25.2. The van der Waals surface area contributed by atoms with Gasteiger partial charge in [-0.05, 0) is 41.8 Å². The molecule has 4 nitrogen and oxygen atoms in total. The van der Waals surface area contributed by atoms with Crippen LogP contribution in [0.5, 0.6) is 11.5 Å². The van der Waals surface area contributed by atoms with Gasteiger partial charge in [0.25, 0.3) is 0 Å². The number of benzene rings is 2. The Morgan fingerprint density at radius 2 is 1.19 bits per heavy atom. The van der Waals surface area contributed by atoms with Crippen LogP contribution in [0.4, 0.5) is 0 Å². The van der Waals surface area contributed by atoms with Gasteiger partial charge in [0.2, 0.25) is 7.37 Å². The van der Waals surface area contributed by atoms with Crippen LogP contribution in [0.15, 0.2) is 61.7 Å². The van der Waals surface area contributed by atoms with E-state index in [9.17, 15) is 9.36 Å². The maximum absolute atomic E-state index is 13.8. The minimum Gasteiger partial charge on any atom is -0.443 e. The third-order valence-electron chi connectivity index (χ3n) is 6.24. The number of carbonyl (C=O) groups is 1. The standard InChI is InChI=1S/C31H43O4P/c1-4-7-8-9-10-11-12-13-14-15-25-36(33,35-30-22-18-28(6-3)19-23-30)26-24-31(32)34-29-20-16-27(5-2)17-21-29/h5-6,16-23H,2-4,7-15,24-26H2,1H3. The van der Waals surface area contributed by atoms with Crippen molar-refractivity contribution in [2.75, 3.05) is 12.3 Å². The molecule has 0 spiro atoms. The van der Waals surface area contributed by atoms with Gasteiger partial charge in [-0.1, -0.05) is 114 Å². The zero-order chi connectivity index (χ0) is 26.1. The molecule has 1 unspecified atom stereocenters. The third-order valence-corrected chi connectivity index (χ3v) is 8.69. The Kier molecular flexibility index (Phi) is 14.0. The minimum absolute atomic E-state index is 0.0446. The summed E-state index contributed by atoms with van der Waals surface area (Å²) >= 11 is 0. The molecule has 2 rings (SSSR count). The quantitative estimate of drug-likeness (QED) is 0.0817. The lowest BCUT2D eigenvalue weighted by atomic mass is 10.1. The molecule has 196 valence electrons. The molecule has 0 aliphatic rings. The Balaban J connectivity index is 1.85. The summed E-state index contributed by atoms with van der Waals surface area (Å²) in [4.78, 5) is 12.5. The van der Waals surface area contributed by atoms with E-state index in [1.54, 1.807) is 24.3 Å². The predicted octanol–water partition coefficient (Wildman–Crippen LogP) is 9.55. The third kappa shape index (κ3) is 11.9. The number of ether oxygens (including phenoxy) is 1. The molecule has 2 aromatic carbocycles. The molecule has 0 saturated heterocycles. The molecule has 0 aromatic heterocycles. The zero-order valence-electron chi connectivity index (χ0n) is 22.0. The summed E-state index contributed by atoms with van der Waals surface area (Å²) in [5, 5.41) is 0. The maximum atomic E-state index is 13.8. The Morgan fingerprint density at radius 3 is 1.69 bits per heavy atom. The number of hydrogen-bond acceptors (Lipinski definition) is 4. The fourth-order valence-corrected chi connectivity index (χ4v) is 6.16. The van der Waals surface area contributed by atoms with Gasteiger partial charge in [-0.2, -0.15) is 0 Å². The van der Waals surface area contributed by atoms with Crippen molar-refractivity contribution < 1.29 is 18.6 Å². The second-order valence-electron chi connectivity index (χ2n) is 9.31. The summed E-state index contributed by atoms with van der Waals surface area (Å²) in [5.41, 5.74) is 1.92. The van der Waals surface area contributed by atoms with Gasteiger partial charge in [0.05, 0.1) is 6.42 Å². The molecule has 0 N–H and O–H groups in total. The van der Waals surface area contributed by atoms with E-state index in [1.165, 1.54) is 44.9 Å². The van der Waals surface area contributed by atoms with E-state index in [0.29, 0.717) is 17.7 Å². The van der Waals surface area contributed by atoms with E-state index in [0.717, 1.165) is 30.4 Å². The number of unbranched alkanes of at least 4 members (excludes halogenated alkanes) is 9. The van der Waals surface area contributed by atoms with Crippen molar-refractivity contribution in [1.82, 2.24) is 0 Å². The first-order valence-electron chi connectivity index (χ1n) is 13.4. The zero-order valence-corrected chi connectivity index (χ0v) is 22.9. The molecule has 0 radical (unpaired) electrons. The molecule has 36 heavy (non-hydrogen) atoms. The van der Waals surface area contributed by atoms with Gasteiger partial charge in [0, 0.05) is 12.3 Å². The number of carbonyl (C=O) groups excluding carboxylic acids is 1. The van der Waals surface area contributed by atoms with Crippen molar-refractivity contribution in [2.24, 2.45) is 0 Å². The highest BCUT2D eigenvalue weighted by Crippen LogP contribution is 2.48. The van der Waals surface area contributed by atoms with E-state index < -0.39 is 13.3 Å². The van der Waals surface area contributed by atoms with Crippen LogP contribution < -0.4 is 9.26 Å². The summed E-state index contributed by atoms with van der Waals surface area (Å²) in [5.74, 6) is 0.621. The Hall–Kier alpha value is -2.58. The van der Waals surface area contributed by atoms with Crippen molar-refractivity contribution in [2.45, 2.75) is 77.6 Å². The lowest BCUT2D eigenvalue weighted by Gasteiger charge is -2.20. The van der Waals surface area contributed by atoms with E-state index in [-0.39, 0.29) is 12.6 Å². The van der Waals surface area contributed by atoms with Crippen molar-refractivity contribution >= 4 is 25.5 Å². The van der Waals surface area contributed by atoms with Crippen molar-refractivity contribution in [3.05, 3.63) is 72.8 Å². The monoisotopic (exact) mass is 510 g/mol. The van der Waals surface area contributed by atoms with Gasteiger partial charge in [0.1, 0.15) is 11.5 Å². The van der Waals surface area contributed by atoms with Gasteiger partial charge in [-0.15, -0.1) is 0 Å². The minimum atomic E-state index is -3.05. The van der Waals surface area contributed by atoms with Gasteiger partial charge in [0.15, 0.2) is 0 Å². The molecule has 0 aliphatic heterocycles. The van der Waals surface area contributed by atoms with Crippen LogP contribution >= 0.6 is 7.37 Å². The molecule has 0 heterocycles. The Bertz CT molecular complexity index is 963. The van der Waals surface area contributed by atoms with E-state index in [1.807, 2.05) is 36.4 Å². The fraction of sp³-hybridized carbons (Fsp3) is 0.452. The molecule has 2 aromatic rings. The summed E-state index contributed by atoms with van der Waals surface area (Å²) in [6.07, 6.45) is 16.2. The van der Waals surface area contributed by atoms with E-state index in [2.05, 4.69) is 20.1 Å². The Morgan fingerprint density at radius 1 is 0.722 bits per heavy atom. The van der Waals surface area contributed by atoms with E-state index >= 15 is 0 Å². The smallest absolute Gasteiger partial charge is 0.311 e. The molecule has 0 fully saturated rings. The van der Waals surface area contributed by atoms with Crippen molar-refractivity contribution in [3.8, 4) is 11.5 Å². The normalized spacial score (nSPS) is 12.5. The summed E-state index contributed by atoms with van der Waals surface area (Å²) in [6, 6.07) is 14.5. The number of esters is 1. The highest BCUT2D eigenvalue weighted by Gasteiger charge is 2.26. The van der Waals surface area contributed by atoms with Crippen LogP contribution in [-0.2, 0) is 9.36 Å². The van der Waals surface area contributed by atoms with Crippen LogP contribution in [0.3, 0.4) is 0 Å². The molecule has 0 amide bonds. The molecular formula is C31H43O4P. The molecule has 1 atom stereocenters. The first-order valence-corrected chi connectivity index (χ1v) is 15.4. The maximum Gasteiger partial charge on any atom is 0.311 e. The molecular weight excluding hydrogens is 467 g/mol. The lowest BCUT2D eigenvalue weighted by Crippen LogP contribution is -2.13. The Labute approximate surface area is 218 Å². The average molecular weight is 511 g/mol. The SMILES string of the molecule is C=Cc1ccc(OC(=O)CCP(=O)(CCCCCCCCCCCC)Oc2ccc(C=C)cc2)cc1. The summed E-state index contributed by atoms with van der Waals surface area (Å²) in [7, 11) is -3.05. The first-order chi connectivity index (χ1) is 17.5. The van der Waals surface area contributed by atoms with E-state index in [4.69, 9.17) is 9.26 Å². The topological polar surface area (TPSA) is 52.6 Å². The first kappa shape index (κ1) is 29.6. The van der Waals surface area contributed by atoms with Gasteiger partial charge < -0.3 is 9.26 Å². The molecule has 0 saturated carbocycles. The second kappa shape index (κ2) is 17.0. The lowest BCUT2D eigenvalue weighted by molar-refractivity contribution is -0.133. The fourth-order valence-electron chi connectivity index (χ4n) is 4.02. The molecule has 0 aliphatic carbocycles. The van der Waals surface area contributed by atoms with Gasteiger partial charge in [-0.25, -0.2) is 0 Å². The van der Waals surface area contributed by atoms with Gasteiger partial charge in [-0.3, -0.25) is 9.36 Å². The van der Waals surface area contributed by atoms with Crippen molar-refractivity contribution in [1.29, 1.82) is 0 Å². The number of hydrogen-bond donors (Lipinski definition) is 0. The van der Waals surface area contributed by atoms with Crippen LogP contribution in [0.25, 0.3) is 12.2 Å². The predicted molar refractivity (Wildman–Crippen MR) is 153 cm³/mol. The summed E-state index contributed by atoms with van der Waals surface area (Å²) in [6.45, 7) is 9.73. The van der Waals surface area contributed by atoms with Gasteiger partial charge >= 0.3 is 5.97 Å². The average Bonchev–Trinajstić information content (AvgIpc) is 2.89. The van der Waals surface area contributed by atoms with Crippen LogP contribution in [-0.4, -0.2) is 18.3 Å². The van der Waals surface area contributed by atoms with Crippen LogP contribution in [0.2, 0.25) is 0 Å².